The number of aliphatic hydroxyl groups is 2. The zero-order valence-electron chi connectivity index (χ0n) is 25.8. The summed E-state index contributed by atoms with van der Waals surface area (Å²) in [4.78, 5) is 4.33. The molecule has 3 rings (SSSR count). The monoisotopic (exact) mass is 622 g/mol. The van der Waals surface area contributed by atoms with Gasteiger partial charge in [-0.15, -0.1) is 0 Å². The number of allylic oxidation sites excluding steroid dienone is 5. The van der Waals surface area contributed by atoms with Crippen molar-refractivity contribution in [2.75, 3.05) is 0 Å². The molecule has 0 radical (unpaired) electrons. The van der Waals surface area contributed by atoms with Crippen molar-refractivity contribution in [1.82, 2.24) is 0 Å². The van der Waals surface area contributed by atoms with E-state index >= 15 is 0 Å². The number of halogens is 6. The topological polar surface area (TPSA) is 69.9 Å². The number of fused-ring (bicyclic) bond motifs is 1. The predicted molar refractivity (Wildman–Crippen MR) is 154 cm³/mol. The normalized spacial score (nSPS) is 32.7. The van der Waals surface area contributed by atoms with E-state index in [-0.39, 0.29) is 42.6 Å². The molecule has 1 unspecified atom stereocenters. The third-order valence-electron chi connectivity index (χ3n) is 10.5. The minimum Gasteiger partial charge on any atom is -0.370 e. The lowest BCUT2D eigenvalue weighted by atomic mass is 9.55. The molecule has 3 aliphatic carbocycles. The molecule has 0 bridgehead atoms. The number of hydrogen-bond acceptors (Lipinski definition) is 4. The SMILES string of the molecule is C=C1CC[C@](O)(OO)C/C1=C/C=C1CCC[C@@]2(C)C1CC[C@@H]2[C@@](C)(C/C=C/C(O)(C(F)(F)F)C(F)(F)F)CCCC(C)C. The van der Waals surface area contributed by atoms with Gasteiger partial charge >= 0.3 is 12.4 Å². The van der Waals surface area contributed by atoms with Crippen LogP contribution in [0.25, 0.3) is 0 Å². The lowest BCUT2D eigenvalue weighted by Crippen LogP contribution is -2.55. The van der Waals surface area contributed by atoms with E-state index in [0.717, 1.165) is 62.2 Å². The van der Waals surface area contributed by atoms with Gasteiger partial charge < -0.3 is 10.2 Å². The first kappa shape index (κ1) is 35.9. The van der Waals surface area contributed by atoms with Crippen molar-refractivity contribution in [2.45, 2.75) is 128 Å². The van der Waals surface area contributed by atoms with Crippen molar-refractivity contribution in [1.29, 1.82) is 0 Å². The van der Waals surface area contributed by atoms with E-state index < -0.39 is 29.2 Å². The third kappa shape index (κ3) is 7.61. The van der Waals surface area contributed by atoms with Crippen LogP contribution in [-0.4, -0.2) is 39.2 Å². The van der Waals surface area contributed by atoms with Crippen LogP contribution in [0.1, 0.15) is 105 Å². The van der Waals surface area contributed by atoms with Crippen LogP contribution in [0.2, 0.25) is 0 Å². The van der Waals surface area contributed by atoms with Crippen molar-refractivity contribution >= 4 is 0 Å². The Bertz CT molecular complexity index is 1080. The van der Waals surface area contributed by atoms with Crippen LogP contribution >= 0.6 is 0 Å². The Morgan fingerprint density at radius 1 is 1.05 bits per heavy atom. The van der Waals surface area contributed by atoms with Crippen molar-refractivity contribution in [2.24, 2.45) is 28.6 Å². The molecule has 0 amide bonds. The van der Waals surface area contributed by atoms with Crippen LogP contribution in [0.15, 0.2) is 47.6 Å². The lowest BCUT2D eigenvalue weighted by molar-refractivity contribution is -0.394. The molecular weight excluding hydrogens is 574 g/mol. The Morgan fingerprint density at radius 3 is 2.28 bits per heavy atom. The molecule has 0 aromatic heterocycles. The quantitative estimate of drug-likeness (QED) is 0.0746. The minimum absolute atomic E-state index is 0.00475. The van der Waals surface area contributed by atoms with Crippen LogP contribution in [0.3, 0.4) is 0 Å². The van der Waals surface area contributed by atoms with E-state index in [1.807, 2.05) is 13.0 Å². The average Bonchev–Trinajstić information content (AvgIpc) is 3.26. The summed E-state index contributed by atoms with van der Waals surface area (Å²) in [6.45, 7) is 12.4. The summed E-state index contributed by atoms with van der Waals surface area (Å²) in [6.07, 6.45) is 0.539. The van der Waals surface area contributed by atoms with E-state index in [9.17, 15) is 36.6 Å². The first-order valence-electron chi connectivity index (χ1n) is 15.4. The smallest absolute Gasteiger partial charge is 0.370 e. The molecule has 5 atom stereocenters. The van der Waals surface area contributed by atoms with E-state index in [2.05, 4.69) is 38.3 Å². The van der Waals surface area contributed by atoms with Gasteiger partial charge in [0.2, 0.25) is 5.79 Å². The Morgan fingerprint density at radius 2 is 1.70 bits per heavy atom. The molecule has 0 heterocycles. The minimum atomic E-state index is -5.89. The highest BCUT2D eigenvalue weighted by Gasteiger charge is 2.69. The van der Waals surface area contributed by atoms with Crippen LogP contribution in [0, 0.1) is 28.6 Å². The van der Waals surface area contributed by atoms with Gasteiger partial charge in [-0.2, -0.15) is 26.3 Å². The lowest BCUT2D eigenvalue weighted by Gasteiger charge is -2.49. The van der Waals surface area contributed by atoms with E-state index in [4.69, 9.17) is 5.26 Å². The molecule has 3 saturated carbocycles. The zero-order valence-corrected chi connectivity index (χ0v) is 25.8. The molecule has 0 saturated heterocycles. The first-order valence-corrected chi connectivity index (χ1v) is 15.4. The van der Waals surface area contributed by atoms with Gasteiger partial charge in [0.05, 0.1) is 0 Å². The third-order valence-corrected chi connectivity index (χ3v) is 10.5. The van der Waals surface area contributed by atoms with Gasteiger partial charge in [0.25, 0.3) is 5.60 Å². The molecule has 0 aromatic carbocycles. The standard InChI is InChI=1S/C33H48F6O4/c1-22(2)9-6-16-28(4,17-8-19-31(41,32(34,35)36)33(37,38)39)27-14-13-26-24(10-7-18-29(26,27)5)11-12-25-21-30(40,43-42)20-15-23(25)3/h8,11-12,19,22,26-27,40-42H,3,6-7,9-10,13-18,20-21H2,1-2,4-5H3/b19-8+,24-11?,25-12-/t26?,27-,28-,29+,30+/m1/s1. The zero-order chi connectivity index (χ0) is 32.5. The second-order valence-corrected chi connectivity index (χ2v) is 14.1. The van der Waals surface area contributed by atoms with Crippen molar-refractivity contribution in [3.63, 3.8) is 0 Å². The van der Waals surface area contributed by atoms with Crippen molar-refractivity contribution in [3.8, 4) is 0 Å². The predicted octanol–water partition coefficient (Wildman–Crippen LogP) is 9.61. The van der Waals surface area contributed by atoms with E-state index in [1.165, 1.54) is 5.57 Å². The second kappa shape index (κ2) is 13.0. The van der Waals surface area contributed by atoms with Crippen LogP contribution in [0.4, 0.5) is 26.3 Å². The van der Waals surface area contributed by atoms with Gasteiger partial charge in [0.1, 0.15) is 0 Å². The molecule has 3 fully saturated rings. The van der Waals surface area contributed by atoms with E-state index in [1.54, 1.807) is 0 Å². The Kier molecular flexibility index (Phi) is 10.8. The molecule has 43 heavy (non-hydrogen) atoms. The summed E-state index contributed by atoms with van der Waals surface area (Å²) in [7, 11) is 0. The molecule has 10 heteroatoms. The van der Waals surface area contributed by atoms with Crippen molar-refractivity contribution in [3.05, 3.63) is 47.6 Å². The number of rotatable bonds is 10. The molecule has 246 valence electrons. The molecule has 3 aliphatic rings. The fourth-order valence-corrected chi connectivity index (χ4v) is 8.05. The van der Waals surface area contributed by atoms with Crippen LogP contribution < -0.4 is 0 Å². The highest BCUT2D eigenvalue weighted by Crippen LogP contribution is 2.64. The summed E-state index contributed by atoms with van der Waals surface area (Å²) in [5, 5.41) is 29.3. The highest BCUT2D eigenvalue weighted by atomic mass is 19.4. The maximum atomic E-state index is 13.4. The second-order valence-electron chi connectivity index (χ2n) is 14.1. The number of hydrogen-bond donors (Lipinski definition) is 3. The Labute approximate surface area is 251 Å². The fourth-order valence-electron chi connectivity index (χ4n) is 8.05. The van der Waals surface area contributed by atoms with Crippen LogP contribution in [-0.2, 0) is 4.89 Å². The van der Waals surface area contributed by atoms with Crippen molar-refractivity contribution < 1.29 is 46.7 Å². The van der Waals surface area contributed by atoms with Gasteiger partial charge in [-0.05, 0) is 91.6 Å². The fraction of sp³-hybridized carbons (Fsp3) is 0.758. The summed E-state index contributed by atoms with van der Waals surface area (Å²) >= 11 is 0. The molecule has 3 N–H and O–H groups in total. The first-order chi connectivity index (χ1) is 19.7. The maximum absolute atomic E-state index is 13.4. The van der Waals surface area contributed by atoms with E-state index in [0.29, 0.717) is 18.8 Å². The van der Waals surface area contributed by atoms with Crippen LogP contribution in [0.5, 0.6) is 0 Å². The van der Waals surface area contributed by atoms with Gasteiger partial charge in [-0.1, -0.05) is 76.5 Å². The maximum Gasteiger partial charge on any atom is 0.429 e. The largest absolute Gasteiger partial charge is 0.429 e. The summed E-state index contributed by atoms with van der Waals surface area (Å²) in [5.41, 5.74) is -2.77. The number of alkyl halides is 6. The van der Waals surface area contributed by atoms with Gasteiger partial charge in [0, 0.05) is 12.8 Å². The summed E-state index contributed by atoms with van der Waals surface area (Å²) in [6, 6.07) is 0. The van der Waals surface area contributed by atoms with Gasteiger partial charge in [0.15, 0.2) is 0 Å². The molecule has 0 aliphatic heterocycles. The molecule has 0 aromatic rings. The molecule has 4 nitrogen and oxygen atoms in total. The van der Waals surface area contributed by atoms with Gasteiger partial charge in [-0.3, -0.25) is 0 Å². The highest BCUT2D eigenvalue weighted by molar-refractivity contribution is 5.37. The summed E-state index contributed by atoms with van der Waals surface area (Å²) in [5.74, 6) is -0.988. The Hall–Kier alpha value is -1.62. The average molecular weight is 623 g/mol. The Balaban J connectivity index is 1.92. The molecule has 0 spiro atoms. The molecular formula is C33H48F6O4. The van der Waals surface area contributed by atoms with Gasteiger partial charge in [-0.25, -0.2) is 10.1 Å². The summed E-state index contributed by atoms with van der Waals surface area (Å²) < 4.78 is 80.2.